The Morgan fingerprint density at radius 3 is 2.59 bits per heavy atom. The van der Waals surface area contributed by atoms with Crippen LogP contribution in [0.5, 0.6) is 0 Å². The molecule has 3 N–H and O–H groups in total. The summed E-state index contributed by atoms with van der Waals surface area (Å²) in [6.45, 7) is 4.96. The Morgan fingerprint density at radius 2 is 1.88 bits per heavy atom. The van der Waals surface area contributed by atoms with Crippen molar-refractivity contribution in [2.45, 2.75) is 44.2 Å². The van der Waals surface area contributed by atoms with E-state index >= 15 is 4.39 Å². The van der Waals surface area contributed by atoms with Gasteiger partial charge in [-0.25, -0.2) is 36.7 Å². The van der Waals surface area contributed by atoms with Crippen LogP contribution in [0.15, 0.2) is 48.7 Å². The van der Waals surface area contributed by atoms with Crippen molar-refractivity contribution in [3.05, 3.63) is 77.2 Å². The van der Waals surface area contributed by atoms with Crippen LogP contribution < -0.4 is 15.4 Å². The van der Waals surface area contributed by atoms with Crippen LogP contribution in [0.25, 0.3) is 22.3 Å². The van der Waals surface area contributed by atoms with Crippen molar-refractivity contribution in [3.8, 4) is 11.3 Å². The van der Waals surface area contributed by atoms with Crippen LogP contribution in [-0.4, -0.2) is 50.3 Å². The summed E-state index contributed by atoms with van der Waals surface area (Å²) >= 11 is 0. The molecule has 41 heavy (non-hydrogen) atoms. The number of fused-ring (bicyclic) bond motifs is 1. The van der Waals surface area contributed by atoms with Gasteiger partial charge in [0.15, 0.2) is 0 Å². The first kappa shape index (κ1) is 28.7. The number of nitrogens with zero attached hydrogens (tertiary/aromatic N) is 3. The lowest BCUT2D eigenvalue weighted by Gasteiger charge is -2.26. The standard InChI is InChI=1S/C29H30F4N6OS/c1-16(2)22-11-26(37-27-14-35-29(38-28(22)27)36-21-9-20(31)12-34-13-21)17-5-7-25(24(33)8-17)39-41(3,40)15-18-4-6-19(30)10-23(18)32/h4-8,10-11,14,16,20-21,34H,3,9,12-13,15H2,1-2H3,(H,39,40)(H,35,36,38)/t20-,21-,41?/m0/s1. The second-order valence-electron chi connectivity index (χ2n) is 10.5. The van der Waals surface area contributed by atoms with Crippen molar-refractivity contribution >= 4 is 38.2 Å². The maximum atomic E-state index is 15.2. The number of piperidine rings is 1. The van der Waals surface area contributed by atoms with Gasteiger partial charge >= 0.3 is 0 Å². The van der Waals surface area contributed by atoms with Crippen LogP contribution >= 0.6 is 0 Å². The van der Waals surface area contributed by atoms with Gasteiger partial charge in [0.1, 0.15) is 29.1 Å². The quantitative estimate of drug-likeness (QED) is 0.184. The summed E-state index contributed by atoms with van der Waals surface area (Å²) in [5.41, 5.74) is 2.94. The fourth-order valence-electron chi connectivity index (χ4n) is 4.77. The first-order chi connectivity index (χ1) is 19.5. The zero-order valence-electron chi connectivity index (χ0n) is 22.6. The summed E-state index contributed by atoms with van der Waals surface area (Å²) in [6, 6.07) is 8.94. The Kier molecular flexibility index (Phi) is 8.14. The highest BCUT2D eigenvalue weighted by Gasteiger charge is 2.22. The van der Waals surface area contributed by atoms with Crippen molar-refractivity contribution in [3.63, 3.8) is 0 Å². The van der Waals surface area contributed by atoms with Crippen LogP contribution in [0.1, 0.15) is 37.3 Å². The van der Waals surface area contributed by atoms with Gasteiger partial charge in [-0.15, -0.1) is 0 Å². The molecule has 0 saturated carbocycles. The Labute approximate surface area is 236 Å². The number of nitrogens with one attached hydrogen (secondary N) is 3. The number of rotatable bonds is 8. The smallest absolute Gasteiger partial charge is 0.223 e. The zero-order chi connectivity index (χ0) is 29.3. The van der Waals surface area contributed by atoms with Crippen molar-refractivity contribution in [1.29, 1.82) is 0 Å². The first-order valence-electron chi connectivity index (χ1n) is 13.1. The molecule has 1 saturated heterocycles. The minimum atomic E-state index is -3.20. The van der Waals surface area contributed by atoms with E-state index in [9.17, 15) is 17.4 Å². The summed E-state index contributed by atoms with van der Waals surface area (Å²) in [6.07, 6.45) is 1.02. The molecule has 2 aromatic carbocycles. The molecule has 0 bridgehead atoms. The number of halogens is 4. The third-order valence-electron chi connectivity index (χ3n) is 6.79. The number of hydrogen-bond acceptors (Lipinski definition) is 6. The van der Waals surface area contributed by atoms with Gasteiger partial charge in [-0.2, -0.15) is 0 Å². The number of alkyl halides is 1. The second-order valence-corrected chi connectivity index (χ2v) is 12.6. The molecule has 0 spiro atoms. The van der Waals surface area contributed by atoms with E-state index < -0.39 is 33.3 Å². The van der Waals surface area contributed by atoms with Crippen LogP contribution in [0.3, 0.4) is 0 Å². The molecule has 3 atom stereocenters. The molecule has 3 heterocycles. The largest absolute Gasteiger partial charge is 0.350 e. The molecule has 4 aromatic rings. The second kappa shape index (κ2) is 11.6. The Hall–Kier alpha value is -3.77. The molecule has 2 aromatic heterocycles. The van der Waals surface area contributed by atoms with Gasteiger partial charge in [0, 0.05) is 52.5 Å². The average Bonchev–Trinajstić information content (AvgIpc) is 2.90. The predicted octanol–water partition coefficient (Wildman–Crippen LogP) is 5.59. The normalized spacial score (nSPS) is 18.8. The fraction of sp³-hybridized carbons (Fsp3) is 0.310. The Bertz CT molecular complexity index is 1700. The topological polar surface area (TPSA) is 91.8 Å². The SMILES string of the molecule is C=S(=O)(Cc1ccc(F)cc1F)Nc1ccc(-c2cc(C(C)C)c3nc(N[C@@H]4CNC[C@@H](F)C4)ncc3n2)cc1F. The summed E-state index contributed by atoms with van der Waals surface area (Å²) in [5, 5.41) is 6.24. The average molecular weight is 587 g/mol. The summed E-state index contributed by atoms with van der Waals surface area (Å²) < 4.78 is 71.8. The van der Waals surface area contributed by atoms with Crippen molar-refractivity contribution in [2.24, 2.45) is 0 Å². The zero-order valence-corrected chi connectivity index (χ0v) is 23.4. The molecular formula is C29H30F4N6OS. The van der Waals surface area contributed by atoms with E-state index in [2.05, 4.69) is 36.2 Å². The van der Waals surface area contributed by atoms with E-state index in [1.165, 1.54) is 18.2 Å². The van der Waals surface area contributed by atoms with Crippen LogP contribution in [0, 0.1) is 17.5 Å². The van der Waals surface area contributed by atoms with Crippen molar-refractivity contribution < 1.29 is 21.8 Å². The van der Waals surface area contributed by atoms with E-state index in [-0.39, 0.29) is 29.0 Å². The number of hydrogen-bond donors (Lipinski definition) is 3. The molecule has 0 radical (unpaired) electrons. The molecule has 1 aliphatic heterocycles. The highest BCUT2D eigenvalue weighted by Crippen LogP contribution is 2.31. The third-order valence-corrected chi connectivity index (χ3v) is 8.16. The lowest BCUT2D eigenvalue weighted by atomic mass is 9.99. The fourth-order valence-corrected chi connectivity index (χ4v) is 6.15. The molecule has 216 valence electrons. The minimum Gasteiger partial charge on any atom is -0.350 e. The van der Waals surface area contributed by atoms with E-state index in [4.69, 9.17) is 0 Å². The molecule has 0 aliphatic carbocycles. The Morgan fingerprint density at radius 1 is 1.07 bits per heavy atom. The van der Waals surface area contributed by atoms with Crippen LogP contribution in [-0.2, 0) is 15.5 Å². The van der Waals surface area contributed by atoms with Gasteiger partial charge < -0.3 is 15.4 Å². The van der Waals surface area contributed by atoms with E-state index in [0.29, 0.717) is 53.8 Å². The van der Waals surface area contributed by atoms with Crippen LogP contribution in [0.2, 0.25) is 0 Å². The summed E-state index contributed by atoms with van der Waals surface area (Å²) in [5.74, 6) is 1.37. The van der Waals surface area contributed by atoms with E-state index in [1.807, 2.05) is 19.9 Å². The first-order valence-corrected chi connectivity index (χ1v) is 15.0. The predicted molar refractivity (Wildman–Crippen MR) is 156 cm³/mol. The maximum absolute atomic E-state index is 15.2. The monoisotopic (exact) mass is 586 g/mol. The molecule has 5 rings (SSSR count). The molecule has 0 amide bonds. The number of pyridine rings is 1. The Balaban J connectivity index is 1.39. The molecular weight excluding hydrogens is 556 g/mol. The lowest BCUT2D eigenvalue weighted by Crippen LogP contribution is -2.44. The highest BCUT2D eigenvalue weighted by atomic mass is 32.2. The molecule has 1 aliphatic rings. The van der Waals surface area contributed by atoms with Crippen molar-refractivity contribution in [1.82, 2.24) is 20.3 Å². The maximum Gasteiger partial charge on any atom is 0.223 e. The van der Waals surface area contributed by atoms with Gasteiger partial charge in [0.05, 0.1) is 28.8 Å². The minimum absolute atomic E-state index is 0.0000917. The van der Waals surface area contributed by atoms with Crippen LogP contribution in [0.4, 0.5) is 29.2 Å². The van der Waals surface area contributed by atoms with E-state index in [1.54, 1.807) is 12.3 Å². The number of benzene rings is 2. The van der Waals surface area contributed by atoms with Gasteiger partial charge in [-0.3, -0.25) is 0 Å². The third kappa shape index (κ3) is 6.76. The number of anilines is 2. The lowest BCUT2D eigenvalue weighted by molar-refractivity contribution is 0.254. The van der Waals surface area contributed by atoms with Gasteiger partial charge in [-0.05, 0) is 41.6 Å². The number of aromatic nitrogens is 3. The highest BCUT2D eigenvalue weighted by molar-refractivity contribution is 8.00. The van der Waals surface area contributed by atoms with E-state index in [0.717, 1.165) is 11.6 Å². The summed E-state index contributed by atoms with van der Waals surface area (Å²) in [4.78, 5) is 13.7. The van der Waals surface area contributed by atoms with Crippen molar-refractivity contribution in [2.75, 3.05) is 23.1 Å². The van der Waals surface area contributed by atoms with Gasteiger partial charge in [0.25, 0.3) is 0 Å². The molecule has 7 nitrogen and oxygen atoms in total. The molecule has 1 unspecified atom stereocenters. The summed E-state index contributed by atoms with van der Waals surface area (Å²) in [7, 11) is -3.20. The van der Waals surface area contributed by atoms with Gasteiger partial charge in [-0.1, -0.05) is 26.0 Å². The molecule has 12 heteroatoms. The molecule has 1 fully saturated rings. The van der Waals surface area contributed by atoms with Gasteiger partial charge in [0.2, 0.25) is 5.95 Å².